The van der Waals surface area contributed by atoms with Crippen molar-refractivity contribution in [1.29, 1.82) is 0 Å². The third-order valence-corrected chi connectivity index (χ3v) is 3.46. The molecule has 0 spiro atoms. The normalized spacial score (nSPS) is 11.4. The molecule has 0 N–H and O–H groups in total. The van der Waals surface area contributed by atoms with Crippen molar-refractivity contribution in [3.05, 3.63) is 59.7 Å². The second-order valence-corrected chi connectivity index (χ2v) is 4.18. The molecule has 0 amide bonds. The van der Waals surface area contributed by atoms with Crippen LogP contribution >= 0.6 is 0 Å². The van der Waals surface area contributed by atoms with Gasteiger partial charge in [0.1, 0.15) is 0 Å². The summed E-state index contributed by atoms with van der Waals surface area (Å²) in [6.45, 7) is 0. The molecule has 0 nitrogen and oxygen atoms in total. The molecule has 3 rings (SSSR count). The first-order valence-electron chi connectivity index (χ1n) is 4.77. The minimum Gasteiger partial charge on any atom is -1.00 e. The molecule has 0 heterocycles. The van der Waals surface area contributed by atoms with Crippen molar-refractivity contribution in [2.45, 2.75) is 5.54 Å². The van der Waals surface area contributed by atoms with Crippen LogP contribution in [0.5, 0.6) is 0 Å². The molecular formula is C13H9Cl2SiZr. The van der Waals surface area contributed by atoms with Crippen LogP contribution in [0.15, 0.2) is 48.5 Å². The van der Waals surface area contributed by atoms with Gasteiger partial charge in [-0.1, -0.05) is 48.5 Å². The van der Waals surface area contributed by atoms with Gasteiger partial charge < -0.3 is 24.8 Å². The summed E-state index contributed by atoms with van der Waals surface area (Å²) >= 11 is 0. The van der Waals surface area contributed by atoms with Crippen molar-refractivity contribution >= 4 is 10.2 Å². The fourth-order valence-electron chi connectivity index (χ4n) is 2.16. The van der Waals surface area contributed by atoms with Crippen LogP contribution in [0, 0.1) is 0 Å². The maximum atomic E-state index is 3.79. The second kappa shape index (κ2) is 6.89. The zero-order valence-electron chi connectivity index (χ0n) is 8.95. The smallest absolute Gasteiger partial charge is 1.00 e. The van der Waals surface area contributed by atoms with Crippen LogP contribution in [0.3, 0.4) is 0 Å². The zero-order valence-corrected chi connectivity index (χ0v) is 13.9. The monoisotopic (exact) mass is 353 g/mol. The van der Waals surface area contributed by atoms with Gasteiger partial charge in [0.05, 0.1) is 0 Å². The van der Waals surface area contributed by atoms with Gasteiger partial charge in [-0.25, -0.2) is 0 Å². The van der Waals surface area contributed by atoms with Gasteiger partial charge in [-0.05, 0) is 27.8 Å². The van der Waals surface area contributed by atoms with Crippen molar-refractivity contribution < 1.29 is 51.0 Å². The van der Waals surface area contributed by atoms with Crippen LogP contribution < -0.4 is 24.8 Å². The van der Waals surface area contributed by atoms with Crippen LogP contribution in [0.25, 0.3) is 11.1 Å². The van der Waals surface area contributed by atoms with E-state index in [1.807, 2.05) is 0 Å². The topological polar surface area (TPSA) is 0 Å². The van der Waals surface area contributed by atoms with Gasteiger partial charge in [-0.15, -0.1) is 0 Å². The van der Waals surface area contributed by atoms with Gasteiger partial charge in [-0.2, -0.15) is 0 Å². The quantitative estimate of drug-likeness (QED) is 0.440. The minimum atomic E-state index is 0. The van der Waals surface area contributed by atoms with Crippen LogP contribution in [-0.2, 0) is 26.2 Å². The van der Waals surface area contributed by atoms with E-state index in [1.54, 1.807) is 0 Å². The Bertz CT molecular complexity index is 457. The number of rotatable bonds is 0. The Morgan fingerprint density at radius 1 is 0.706 bits per heavy atom. The molecule has 17 heavy (non-hydrogen) atoms. The van der Waals surface area contributed by atoms with E-state index in [0.29, 0.717) is 5.54 Å². The molecule has 0 bridgehead atoms. The average Bonchev–Trinajstić information content (AvgIpc) is 2.55. The standard InChI is InChI=1S/C13H9Si.2ClH.Zr/c14-13-11-7-3-1-5-9(11)10-6-2-4-8-12(10)13;;;/h1-8,13H;2*1H;/q;;;+2/p-2. The molecule has 0 unspecified atom stereocenters. The Morgan fingerprint density at radius 3 is 1.47 bits per heavy atom. The summed E-state index contributed by atoms with van der Waals surface area (Å²) in [6.07, 6.45) is 0. The Kier molecular flexibility index (Phi) is 6.94. The van der Waals surface area contributed by atoms with Gasteiger partial charge in [0.2, 0.25) is 0 Å². The zero-order chi connectivity index (χ0) is 9.54. The SMILES string of the molecule is [Cl-].[Cl-].[Si]C1c2ccccc2-c2ccccc21.[Zr+2]. The molecule has 1 aliphatic rings. The molecule has 0 fully saturated rings. The van der Waals surface area contributed by atoms with Crippen molar-refractivity contribution in [1.82, 2.24) is 0 Å². The van der Waals surface area contributed by atoms with E-state index in [4.69, 9.17) is 0 Å². The predicted octanol–water partition coefficient (Wildman–Crippen LogP) is -3.07. The van der Waals surface area contributed by atoms with E-state index in [-0.39, 0.29) is 51.0 Å². The molecule has 0 saturated carbocycles. The molecular weight excluding hydrogens is 346 g/mol. The summed E-state index contributed by atoms with van der Waals surface area (Å²) < 4.78 is 0. The number of hydrogen-bond acceptors (Lipinski definition) is 0. The molecule has 2 aromatic rings. The molecule has 0 aromatic heterocycles. The Morgan fingerprint density at radius 2 is 1.06 bits per heavy atom. The van der Waals surface area contributed by atoms with Gasteiger partial charge in [0.15, 0.2) is 0 Å². The summed E-state index contributed by atoms with van der Waals surface area (Å²) in [5.41, 5.74) is 5.85. The van der Waals surface area contributed by atoms with Crippen LogP contribution in [0.4, 0.5) is 0 Å². The number of halogens is 2. The van der Waals surface area contributed by atoms with Crippen LogP contribution in [0.2, 0.25) is 0 Å². The molecule has 0 saturated heterocycles. The molecule has 0 atom stereocenters. The van der Waals surface area contributed by atoms with Crippen molar-refractivity contribution in [3.8, 4) is 11.1 Å². The molecule has 3 radical (unpaired) electrons. The number of benzene rings is 2. The molecule has 4 heteroatoms. The van der Waals surface area contributed by atoms with Gasteiger partial charge in [-0.3, -0.25) is 0 Å². The Balaban J connectivity index is 0.000000853. The van der Waals surface area contributed by atoms with Crippen molar-refractivity contribution in [3.63, 3.8) is 0 Å². The maximum absolute atomic E-state index is 3.79. The minimum absolute atomic E-state index is 0. The molecule has 83 valence electrons. The van der Waals surface area contributed by atoms with E-state index < -0.39 is 0 Å². The van der Waals surface area contributed by atoms with E-state index in [2.05, 4.69) is 58.8 Å². The molecule has 2 aromatic carbocycles. The largest absolute Gasteiger partial charge is 2.00 e. The Labute approximate surface area is 137 Å². The van der Waals surface area contributed by atoms with Crippen molar-refractivity contribution in [2.75, 3.05) is 0 Å². The third kappa shape index (κ3) is 2.76. The van der Waals surface area contributed by atoms with E-state index >= 15 is 0 Å². The van der Waals surface area contributed by atoms with E-state index in [1.165, 1.54) is 22.3 Å². The first-order chi connectivity index (χ1) is 6.88. The summed E-state index contributed by atoms with van der Waals surface area (Å²) in [7, 11) is 3.79. The Hall–Kier alpha value is 0.120. The number of fused-ring (bicyclic) bond motifs is 3. The summed E-state index contributed by atoms with van der Waals surface area (Å²) in [5, 5.41) is 0. The molecule has 1 aliphatic carbocycles. The number of hydrogen-bond donors (Lipinski definition) is 0. The second-order valence-electron chi connectivity index (χ2n) is 3.61. The fourth-order valence-corrected chi connectivity index (χ4v) is 2.66. The van der Waals surface area contributed by atoms with Crippen LogP contribution in [0.1, 0.15) is 16.7 Å². The summed E-state index contributed by atoms with van der Waals surface area (Å²) in [5.74, 6) is 0. The molecule has 0 aliphatic heterocycles. The average molecular weight is 355 g/mol. The predicted molar refractivity (Wildman–Crippen MR) is 59.5 cm³/mol. The first kappa shape index (κ1) is 17.1. The van der Waals surface area contributed by atoms with Gasteiger partial charge >= 0.3 is 26.2 Å². The van der Waals surface area contributed by atoms with E-state index in [9.17, 15) is 0 Å². The van der Waals surface area contributed by atoms with E-state index in [0.717, 1.165) is 0 Å². The van der Waals surface area contributed by atoms with Crippen LogP contribution in [-0.4, -0.2) is 10.2 Å². The maximum Gasteiger partial charge on any atom is 2.00 e. The van der Waals surface area contributed by atoms with Gasteiger partial charge in [0, 0.05) is 10.2 Å². The summed E-state index contributed by atoms with van der Waals surface area (Å²) in [4.78, 5) is 0. The fraction of sp³-hybridized carbons (Fsp3) is 0.0769. The summed E-state index contributed by atoms with van der Waals surface area (Å²) in [6, 6.07) is 17.1. The first-order valence-corrected chi connectivity index (χ1v) is 5.35. The van der Waals surface area contributed by atoms with Gasteiger partial charge in [0.25, 0.3) is 0 Å². The van der Waals surface area contributed by atoms with Crippen molar-refractivity contribution in [2.24, 2.45) is 0 Å². The third-order valence-electron chi connectivity index (χ3n) is 2.83.